The van der Waals surface area contributed by atoms with Crippen molar-refractivity contribution in [1.29, 1.82) is 0 Å². The molecule has 0 saturated heterocycles. The summed E-state index contributed by atoms with van der Waals surface area (Å²) >= 11 is 0. The molecule has 6 heteroatoms. The number of hydrogen-bond donors (Lipinski definition) is 1. The first kappa shape index (κ1) is 18.7. The van der Waals surface area contributed by atoms with Crippen LogP contribution < -0.4 is 5.32 Å². The smallest absolute Gasteiger partial charge is 0.312 e. The van der Waals surface area contributed by atoms with Crippen LogP contribution in [-0.2, 0) is 4.79 Å². The highest BCUT2D eigenvalue weighted by atomic mass is 19.4. The highest BCUT2D eigenvalue weighted by Gasteiger charge is 2.24. The summed E-state index contributed by atoms with van der Waals surface area (Å²) in [5.41, 5.74) is 0.270. The number of alkyl halides is 3. The standard InChI is InChI=1S/C9H22N2.C2HF3O/c1-9(2,3)10-7-6-8-11(4)5;3-2(4,5)1-6/h10H,6-8H2,1-5H3;1H. The summed E-state index contributed by atoms with van der Waals surface area (Å²) in [5, 5.41) is 3.45. The van der Waals surface area contributed by atoms with Gasteiger partial charge in [0.1, 0.15) is 0 Å². The maximum absolute atomic E-state index is 10.4. The lowest BCUT2D eigenvalue weighted by Crippen LogP contribution is -2.37. The molecular formula is C11H23F3N2O. The summed E-state index contributed by atoms with van der Waals surface area (Å²) in [4.78, 5) is 10.9. The third-order valence-corrected chi connectivity index (χ3v) is 1.57. The van der Waals surface area contributed by atoms with E-state index < -0.39 is 12.5 Å². The summed E-state index contributed by atoms with van der Waals surface area (Å²) < 4.78 is 31.2. The molecule has 0 radical (unpaired) electrons. The van der Waals surface area contributed by atoms with Gasteiger partial charge in [0, 0.05) is 5.54 Å². The first-order valence-electron chi connectivity index (χ1n) is 5.41. The lowest BCUT2D eigenvalue weighted by Gasteiger charge is -2.21. The molecule has 0 bridgehead atoms. The Hall–Kier alpha value is -0.620. The summed E-state index contributed by atoms with van der Waals surface area (Å²) in [6.07, 6.45) is -4.47. The molecule has 0 aromatic rings. The maximum atomic E-state index is 10.4. The summed E-state index contributed by atoms with van der Waals surface area (Å²) in [5.74, 6) is 0. The van der Waals surface area contributed by atoms with Gasteiger partial charge in [-0.3, -0.25) is 4.79 Å². The molecular weight excluding hydrogens is 233 g/mol. The van der Waals surface area contributed by atoms with Gasteiger partial charge in [-0.15, -0.1) is 0 Å². The van der Waals surface area contributed by atoms with Crippen LogP contribution in [0.4, 0.5) is 13.2 Å². The van der Waals surface area contributed by atoms with Gasteiger partial charge in [-0.1, -0.05) is 0 Å². The van der Waals surface area contributed by atoms with Crippen molar-refractivity contribution in [3.8, 4) is 0 Å². The van der Waals surface area contributed by atoms with Crippen LogP contribution in [-0.4, -0.2) is 50.1 Å². The van der Waals surface area contributed by atoms with Gasteiger partial charge < -0.3 is 10.2 Å². The number of hydrogen-bond acceptors (Lipinski definition) is 3. The van der Waals surface area contributed by atoms with E-state index >= 15 is 0 Å². The molecule has 0 spiro atoms. The topological polar surface area (TPSA) is 32.3 Å². The third-order valence-electron chi connectivity index (χ3n) is 1.57. The molecule has 0 heterocycles. The second-order valence-electron chi connectivity index (χ2n) is 4.99. The molecule has 104 valence electrons. The van der Waals surface area contributed by atoms with E-state index in [2.05, 4.69) is 45.1 Å². The number of carbonyl (C=O) groups is 1. The van der Waals surface area contributed by atoms with Crippen molar-refractivity contribution in [3.05, 3.63) is 0 Å². The third kappa shape index (κ3) is 25.6. The molecule has 0 saturated carbocycles. The van der Waals surface area contributed by atoms with Crippen molar-refractivity contribution in [3.63, 3.8) is 0 Å². The molecule has 3 nitrogen and oxygen atoms in total. The minimum Gasteiger partial charge on any atom is -0.312 e. The van der Waals surface area contributed by atoms with E-state index in [0.717, 1.165) is 6.54 Å². The van der Waals surface area contributed by atoms with Crippen LogP contribution in [0.5, 0.6) is 0 Å². The average molecular weight is 256 g/mol. The minimum atomic E-state index is -4.64. The SMILES string of the molecule is CN(C)CCCNC(C)(C)C.O=CC(F)(F)F. The zero-order valence-electron chi connectivity index (χ0n) is 11.2. The molecule has 0 aliphatic carbocycles. The second-order valence-corrected chi connectivity index (χ2v) is 4.99. The fraction of sp³-hybridized carbons (Fsp3) is 0.909. The summed E-state index contributed by atoms with van der Waals surface area (Å²) in [7, 11) is 4.22. The Morgan fingerprint density at radius 2 is 1.59 bits per heavy atom. The van der Waals surface area contributed by atoms with Gasteiger partial charge in [0.15, 0.2) is 0 Å². The highest BCUT2D eigenvalue weighted by molar-refractivity contribution is 5.56. The number of halogens is 3. The maximum Gasteiger partial charge on any atom is 0.446 e. The van der Waals surface area contributed by atoms with E-state index in [0.29, 0.717) is 0 Å². The molecule has 0 aliphatic heterocycles. The van der Waals surface area contributed by atoms with Crippen LogP contribution in [0.2, 0.25) is 0 Å². The van der Waals surface area contributed by atoms with Crippen LogP contribution in [0, 0.1) is 0 Å². The molecule has 0 aromatic carbocycles. The fourth-order valence-corrected chi connectivity index (χ4v) is 0.859. The lowest BCUT2D eigenvalue weighted by atomic mass is 10.1. The molecule has 0 unspecified atom stereocenters. The van der Waals surface area contributed by atoms with Crippen molar-refractivity contribution in [2.75, 3.05) is 27.2 Å². The van der Waals surface area contributed by atoms with Crippen molar-refractivity contribution >= 4 is 6.29 Å². The molecule has 0 aromatic heterocycles. The second kappa shape index (κ2) is 8.47. The quantitative estimate of drug-likeness (QED) is 0.617. The first-order valence-corrected chi connectivity index (χ1v) is 5.41. The predicted molar refractivity (Wildman–Crippen MR) is 63.0 cm³/mol. The van der Waals surface area contributed by atoms with Crippen molar-refractivity contribution in [1.82, 2.24) is 10.2 Å². The van der Waals surface area contributed by atoms with Crippen LogP contribution in [0.15, 0.2) is 0 Å². The van der Waals surface area contributed by atoms with E-state index in [9.17, 15) is 13.2 Å². The molecule has 0 rings (SSSR count). The normalized spacial score (nSPS) is 12.1. The largest absolute Gasteiger partial charge is 0.446 e. The van der Waals surface area contributed by atoms with E-state index in [-0.39, 0.29) is 5.54 Å². The molecule has 1 N–H and O–H groups in total. The summed E-state index contributed by atoms with van der Waals surface area (Å²) in [6.45, 7) is 8.87. The zero-order valence-corrected chi connectivity index (χ0v) is 11.2. The molecule has 17 heavy (non-hydrogen) atoms. The number of carbonyl (C=O) groups excluding carboxylic acids is 1. The molecule has 0 atom stereocenters. The minimum absolute atomic E-state index is 0.270. The molecule has 0 aliphatic rings. The highest BCUT2D eigenvalue weighted by Crippen LogP contribution is 2.08. The fourth-order valence-electron chi connectivity index (χ4n) is 0.859. The van der Waals surface area contributed by atoms with Crippen LogP contribution in [0.3, 0.4) is 0 Å². The lowest BCUT2D eigenvalue weighted by molar-refractivity contribution is -0.156. The zero-order chi connectivity index (χ0) is 14.1. The Morgan fingerprint density at radius 3 is 1.82 bits per heavy atom. The van der Waals surface area contributed by atoms with E-state index in [4.69, 9.17) is 4.79 Å². The van der Waals surface area contributed by atoms with Gasteiger partial charge in [0.2, 0.25) is 6.29 Å². The Balaban J connectivity index is 0. The van der Waals surface area contributed by atoms with Crippen LogP contribution in [0.25, 0.3) is 0 Å². The monoisotopic (exact) mass is 256 g/mol. The van der Waals surface area contributed by atoms with Crippen LogP contribution in [0.1, 0.15) is 27.2 Å². The van der Waals surface area contributed by atoms with Gasteiger partial charge in [-0.05, 0) is 54.4 Å². The van der Waals surface area contributed by atoms with E-state index in [1.54, 1.807) is 0 Å². The van der Waals surface area contributed by atoms with Crippen molar-refractivity contribution in [2.24, 2.45) is 0 Å². The van der Waals surface area contributed by atoms with Gasteiger partial charge >= 0.3 is 6.18 Å². The predicted octanol–water partition coefficient (Wildman–Crippen LogP) is 2.07. The van der Waals surface area contributed by atoms with Gasteiger partial charge in [0.25, 0.3) is 0 Å². The number of nitrogens with zero attached hydrogens (tertiary/aromatic N) is 1. The molecule has 0 amide bonds. The number of nitrogens with one attached hydrogen (secondary N) is 1. The number of aldehydes is 1. The van der Waals surface area contributed by atoms with E-state index in [1.807, 2.05) is 0 Å². The van der Waals surface area contributed by atoms with Gasteiger partial charge in [0.05, 0.1) is 0 Å². The first-order chi connectivity index (χ1) is 7.48. The molecule has 0 fully saturated rings. The Kier molecular flexibility index (Phi) is 9.33. The van der Waals surface area contributed by atoms with Crippen molar-refractivity contribution in [2.45, 2.75) is 38.9 Å². The Labute approximate surface area is 101 Å². The van der Waals surface area contributed by atoms with Crippen LogP contribution >= 0.6 is 0 Å². The Morgan fingerprint density at radius 1 is 1.18 bits per heavy atom. The summed E-state index contributed by atoms with van der Waals surface area (Å²) in [6, 6.07) is 0. The van der Waals surface area contributed by atoms with Gasteiger partial charge in [-0.25, -0.2) is 0 Å². The number of rotatable bonds is 4. The average Bonchev–Trinajstić information content (AvgIpc) is 2.11. The van der Waals surface area contributed by atoms with Crippen molar-refractivity contribution < 1.29 is 18.0 Å². The van der Waals surface area contributed by atoms with E-state index in [1.165, 1.54) is 13.0 Å². The Bertz CT molecular complexity index is 198. The van der Waals surface area contributed by atoms with Gasteiger partial charge in [-0.2, -0.15) is 13.2 Å².